The summed E-state index contributed by atoms with van der Waals surface area (Å²) < 4.78 is 5.14. The zero-order valence-corrected chi connectivity index (χ0v) is 10.6. The van der Waals surface area contributed by atoms with Crippen LogP contribution in [0.2, 0.25) is 0 Å². The lowest BCUT2D eigenvalue weighted by molar-refractivity contribution is -0.149. The first-order valence-electron chi connectivity index (χ1n) is 6.39. The Morgan fingerprint density at radius 2 is 2.22 bits per heavy atom. The van der Waals surface area contributed by atoms with Gasteiger partial charge in [0.15, 0.2) is 5.54 Å². The fourth-order valence-corrected chi connectivity index (χ4v) is 2.64. The number of carboxylic acids is 1. The van der Waals surface area contributed by atoms with Gasteiger partial charge in [-0.1, -0.05) is 6.92 Å². The maximum Gasteiger partial charge on any atom is 0.331 e. The van der Waals surface area contributed by atoms with E-state index in [4.69, 9.17) is 4.74 Å². The number of carbonyl (C=O) groups excluding carboxylic acids is 1. The first-order chi connectivity index (χ1) is 8.55. The number of ether oxygens (including phenoxy) is 1. The van der Waals surface area contributed by atoms with Crippen molar-refractivity contribution < 1.29 is 19.4 Å². The summed E-state index contributed by atoms with van der Waals surface area (Å²) in [6, 6.07) is 0. The van der Waals surface area contributed by atoms with Gasteiger partial charge in [-0.15, -0.1) is 0 Å². The van der Waals surface area contributed by atoms with Crippen LogP contribution in [0.3, 0.4) is 0 Å². The Morgan fingerprint density at radius 1 is 1.44 bits per heavy atom. The Kier molecular flexibility index (Phi) is 3.59. The molecule has 2 fully saturated rings. The number of nitrogens with one attached hydrogen (secondary N) is 2. The van der Waals surface area contributed by atoms with Crippen LogP contribution >= 0.6 is 0 Å². The molecule has 0 aromatic rings. The van der Waals surface area contributed by atoms with Crippen molar-refractivity contribution in [3.63, 3.8) is 0 Å². The predicted octanol–water partition coefficient (Wildman–Crippen LogP) is -0.264. The summed E-state index contributed by atoms with van der Waals surface area (Å²) in [5.74, 6) is -1.17. The number of aliphatic carboxylic acids is 1. The molecule has 0 radical (unpaired) electrons. The molecule has 2 atom stereocenters. The van der Waals surface area contributed by atoms with Crippen molar-refractivity contribution in [2.45, 2.75) is 31.7 Å². The molecule has 0 saturated carbocycles. The van der Waals surface area contributed by atoms with Gasteiger partial charge >= 0.3 is 5.97 Å². The second-order valence-electron chi connectivity index (χ2n) is 5.20. The van der Waals surface area contributed by atoms with Crippen LogP contribution in [0.4, 0.5) is 0 Å². The van der Waals surface area contributed by atoms with E-state index in [-0.39, 0.29) is 12.5 Å². The smallest absolute Gasteiger partial charge is 0.331 e. The van der Waals surface area contributed by atoms with Crippen LogP contribution in [-0.4, -0.2) is 48.8 Å². The Labute approximate surface area is 106 Å². The fourth-order valence-electron chi connectivity index (χ4n) is 2.64. The minimum absolute atomic E-state index is 0.0568. The summed E-state index contributed by atoms with van der Waals surface area (Å²) in [5.41, 5.74) is -1.70. The highest BCUT2D eigenvalue weighted by Gasteiger charge is 2.48. The quantitative estimate of drug-likeness (QED) is 0.645. The van der Waals surface area contributed by atoms with E-state index in [9.17, 15) is 14.7 Å². The molecule has 0 bridgehead atoms. The summed E-state index contributed by atoms with van der Waals surface area (Å²) in [7, 11) is 0. The normalized spacial score (nSPS) is 35.6. The lowest BCUT2D eigenvalue weighted by atomic mass is 9.82. The lowest BCUT2D eigenvalue weighted by Crippen LogP contribution is -2.59. The largest absolute Gasteiger partial charge is 0.479 e. The van der Waals surface area contributed by atoms with Crippen LogP contribution in [0, 0.1) is 5.41 Å². The Hall–Kier alpha value is -1.14. The van der Waals surface area contributed by atoms with Gasteiger partial charge in [0, 0.05) is 19.6 Å². The van der Waals surface area contributed by atoms with Gasteiger partial charge in [0.25, 0.3) is 0 Å². The van der Waals surface area contributed by atoms with Gasteiger partial charge in [-0.05, 0) is 19.4 Å². The van der Waals surface area contributed by atoms with Crippen molar-refractivity contribution in [1.29, 1.82) is 0 Å². The molecule has 2 saturated heterocycles. The van der Waals surface area contributed by atoms with Gasteiger partial charge in [0.2, 0.25) is 5.91 Å². The summed E-state index contributed by atoms with van der Waals surface area (Å²) in [6.07, 6.45) is 1.80. The summed E-state index contributed by atoms with van der Waals surface area (Å²) in [5, 5.41) is 15.2. The Bertz CT molecular complexity index is 344. The van der Waals surface area contributed by atoms with Crippen LogP contribution in [-0.2, 0) is 14.3 Å². The number of hydrogen-bond donors (Lipinski definition) is 3. The van der Waals surface area contributed by atoms with Crippen LogP contribution in [0.25, 0.3) is 0 Å². The molecular weight excluding hydrogens is 236 g/mol. The van der Waals surface area contributed by atoms with Crippen LogP contribution in [0.15, 0.2) is 0 Å². The highest BCUT2D eigenvalue weighted by atomic mass is 16.5. The average Bonchev–Trinajstić information content (AvgIpc) is 2.98. The number of amides is 1. The molecule has 2 aliphatic heterocycles. The van der Waals surface area contributed by atoms with Gasteiger partial charge in [-0.2, -0.15) is 0 Å². The summed E-state index contributed by atoms with van der Waals surface area (Å²) in [4.78, 5) is 23.8. The zero-order valence-electron chi connectivity index (χ0n) is 10.6. The first-order valence-corrected chi connectivity index (χ1v) is 6.39. The van der Waals surface area contributed by atoms with E-state index in [2.05, 4.69) is 10.6 Å². The van der Waals surface area contributed by atoms with Gasteiger partial charge in [-0.25, -0.2) is 4.79 Å². The molecule has 0 aromatic heterocycles. The molecule has 2 unspecified atom stereocenters. The van der Waals surface area contributed by atoms with E-state index in [0.29, 0.717) is 26.0 Å². The molecule has 0 spiro atoms. The highest BCUT2D eigenvalue weighted by Crippen LogP contribution is 2.31. The molecule has 2 heterocycles. The Balaban J connectivity index is 2.12. The van der Waals surface area contributed by atoms with Crippen LogP contribution in [0.5, 0.6) is 0 Å². The topological polar surface area (TPSA) is 87.7 Å². The number of carboxylic acid groups (broad SMARTS) is 1. The third-order valence-electron chi connectivity index (χ3n) is 4.19. The van der Waals surface area contributed by atoms with Crippen molar-refractivity contribution in [3.05, 3.63) is 0 Å². The number of hydrogen-bond acceptors (Lipinski definition) is 4. The molecular formula is C12H20N2O4. The van der Waals surface area contributed by atoms with E-state index in [0.717, 1.165) is 13.0 Å². The van der Waals surface area contributed by atoms with Gasteiger partial charge in [-0.3, -0.25) is 4.79 Å². The average molecular weight is 256 g/mol. The minimum Gasteiger partial charge on any atom is -0.479 e. The molecule has 2 aliphatic rings. The van der Waals surface area contributed by atoms with Gasteiger partial charge in [0.1, 0.15) is 0 Å². The molecule has 102 valence electrons. The fraction of sp³-hybridized carbons (Fsp3) is 0.833. The van der Waals surface area contributed by atoms with E-state index < -0.39 is 16.9 Å². The molecule has 6 nitrogen and oxygen atoms in total. The maximum atomic E-state index is 12.4. The second-order valence-corrected chi connectivity index (χ2v) is 5.20. The molecule has 1 amide bonds. The van der Waals surface area contributed by atoms with Crippen molar-refractivity contribution in [2.75, 3.05) is 26.3 Å². The minimum atomic E-state index is -1.23. The van der Waals surface area contributed by atoms with Crippen molar-refractivity contribution in [3.8, 4) is 0 Å². The van der Waals surface area contributed by atoms with E-state index in [1.54, 1.807) is 0 Å². The molecule has 0 aliphatic carbocycles. The standard InChI is InChI=1S/C12H20N2O4/c1-2-11(3-5-13-7-11)9(15)14-12(10(16)17)4-6-18-8-12/h13H,2-8H2,1H3,(H,14,15)(H,16,17). The first kappa shape index (κ1) is 13.3. The SMILES string of the molecule is CCC1(C(=O)NC2(C(=O)O)CCOC2)CCNC1. The van der Waals surface area contributed by atoms with Crippen molar-refractivity contribution in [2.24, 2.45) is 5.41 Å². The second kappa shape index (κ2) is 4.85. The molecule has 3 N–H and O–H groups in total. The van der Waals surface area contributed by atoms with Gasteiger partial charge < -0.3 is 20.5 Å². The monoisotopic (exact) mass is 256 g/mol. The third kappa shape index (κ3) is 2.10. The lowest BCUT2D eigenvalue weighted by Gasteiger charge is -2.31. The van der Waals surface area contributed by atoms with Crippen LogP contribution < -0.4 is 10.6 Å². The molecule has 18 heavy (non-hydrogen) atoms. The van der Waals surface area contributed by atoms with Crippen molar-refractivity contribution in [1.82, 2.24) is 10.6 Å². The summed E-state index contributed by atoms with van der Waals surface area (Å²) >= 11 is 0. The van der Waals surface area contributed by atoms with E-state index in [1.165, 1.54) is 0 Å². The Morgan fingerprint density at radius 3 is 2.67 bits per heavy atom. The van der Waals surface area contributed by atoms with Gasteiger partial charge in [0.05, 0.1) is 12.0 Å². The highest BCUT2D eigenvalue weighted by molar-refractivity contribution is 5.90. The number of carbonyl (C=O) groups is 2. The predicted molar refractivity (Wildman–Crippen MR) is 64.2 cm³/mol. The summed E-state index contributed by atoms with van der Waals surface area (Å²) in [6.45, 7) is 3.82. The zero-order chi connectivity index (χ0) is 13.2. The van der Waals surface area contributed by atoms with E-state index >= 15 is 0 Å². The third-order valence-corrected chi connectivity index (χ3v) is 4.19. The molecule has 6 heteroatoms. The molecule has 0 aromatic carbocycles. The molecule has 2 rings (SSSR count). The van der Waals surface area contributed by atoms with Crippen LogP contribution in [0.1, 0.15) is 26.2 Å². The van der Waals surface area contributed by atoms with Crippen molar-refractivity contribution >= 4 is 11.9 Å². The maximum absolute atomic E-state index is 12.4. The number of rotatable bonds is 4. The van der Waals surface area contributed by atoms with E-state index in [1.807, 2.05) is 6.92 Å².